The van der Waals surface area contributed by atoms with Crippen molar-refractivity contribution in [2.45, 2.75) is 10.1 Å². The van der Waals surface area contributed by atoms with Crippen LogP contribution < -0.4 is 0 Å². The quantitative estimate of drug-likeness (QED) is 0.671. The van der Waals surface area contributed by atoms with Gasteiger partial charge in [-0.05, 0) is 18.2 Å². The molecule has 2 rings (SSSR count). The summed E-state index contributed by atoms with van der Waals surface area (Å²) < 4.78 is 0. The zero-order valence-electron chi connectivity index (χ0n) is 10.3. The fourth-order valence-electron chi connectivity index (χ4n) is 1.43. The number of pyridine rings is 2. The van der Waals surface area contributed by atoms with E-state index < -0.39 is 10.9 Å². The van der Waals surface area contributed by atoms with Crippen molar-refractivity contribution in [2.24, 2.45) is 0 Å². The second kappa shape index (κ2) is 5.98. The molecule has 0 unspecified atom stereocenters. The monoisotopic (exact) mass is 302 g/mol. The van der Waals surface area contributed by atoms with Crippen molar-refractivity contribution in [2.75, 3.05) is 0 Å². The second-order valence-corrected chi connectivity index (χ2v) is 4.72. The fourth-order valence-corrected chi connectivity index (χ4v) is 2.21. The third kappa shape index (κ3) is 3.31. The second-order valence-electron chi connectivity index (χ2n) is 3.68. The van der Waals surface area contributed by atoms with Crippen molar-refractivity contribution in [3.05, 3.63) is 51.8 Å². The van der Waals surface area contributed by atoms with Crippen molar-refractivity contribution in [1.29, 1.82) is 5.26 Å². The maximum absolute atomic E-state index is 10.9. The van der Waals surface area contributed by atoms with Crippen LogP contribution in [0.1, 0.15) is 16.1 Å². The fraction of sp³-hybridized carbons (Fsp3) is 0. The molecule has 0 radical (unpaired) electrons. The minimum absolute atomic E-state index is 0.0647. The molecule has 2 heterocycles. The molecule has 0 aliphatic carbocycles. The number of aromatic nitrogens is 2. The Morgan fingerprint density at radius 2 is 2.14 bits per heavy atom. The number of nitro groups is 1. The maximum Gasteiger partial charge on any atom is 0.335 e. The standard InChI is InChI=1S/C12H6N4O4S/c13-6-8-9(16(19)20)1-2-10(15-8)21-11-5-7(12(17)18)3-4-14-11/h1-5H,(H,17,18). The first-order valence-corrected chi connectivity index (χ1v) is 6.25. The summed E-state index contributed by atoms with van der Waals surface area (Å²) in [6.45, 7) is 0. The Bertz CT molecular complexity index is 772. The van der Waals surface area contributed by atoms with E-state index in [1.54, 1.807) is 6.07 Å². The molecule has 2 aromatic rings. The Hall–Kier alpha value is -2.99. The van der Waals surface area contributed by atoms with Crippen LogP contribution in [0.5, 0.6) is 0 Å². The van der Waals surface area contributed by atoms with Gasteiger partial charge in [0.15, 0.2) is 0 Å². The number of hydrogen-bond acceptors (Lipinski definition) is 7. The lowest BCUT2D eigenvalue weighted by molar-refractivity contribution is -0.385. The molecule has 0 aliphatic heterocycles. The van der Waals surface area contributed by atoms with E-state index in [0.717, 1.165) is 11.8 Å². The number of nitrogens with zero attached hydrogens (tertiary/aromatic N) is 4. The summed E-state index contributed by atoms with van der Waals surface area (Å²) in [4.78, 5) is 28.7. The summed E-state index contributed by atoms with van der Waals surface area (Å²) in [7, 11) is 0. The van der Waals surface area contributed by atoms with E-state index in [0.29, 0.717) is 10.1 Å². The van der Waals surface area contributed by atoms with E-state index in [1.165, 1.54) is 30.5 Å². The molecule has 0 aliphatic rings. The lowest BCUT2D eigenvalue weighted by atomic mass is 10.3. The lowest BCUT2D eigenvalue weighted by Gasteiger charge is -2.02. The molecular formula is C12H6N4O4S. The van der Waals surface area contributed by atoms with Gasteiger partial charge in [0, 0.05) is 12.3 Å². The highest BCUT2D eigenvalue weighted by atomic mass is 32.2. The van der Waals surface area contributed by atoms with Crippen molar-refractivity contribution < 1.29 is 14.8 Å². The number of carbonyl (C=O) groups is 1. The Balaban J connectivity index is 2.32. The van der Waals surface area contributed by atoms with Crippen molar-refractivity contribution in [1.82, 2.24) is 9.97 Å². The van der Waals surface area contributed by atoms with Gasteiger partial charge in [-0.25, -0.2) is 14.8 Å². The van der Waals surface area contributed by atoms with Crippen molar-refractivity contribution in [3.63, 3.8) is 0 Å². The van der Waals surface area contributed by atoms with Gasteiger partial charge < -0.3 is 5.11 Å². The average molecular weight is 302 g/mol. The summed E-state index contributed by atoms with van der Waals surface area (Å²) in [5.41, 5.74) is -0.622. The number of rotatable bonds is 4. The van der Waals surface area contributed by atoms with Gasteiger partial charge in [0.25, 0.3) is 0 Å². The SMILES string of the molecule is N#Cc1nc(Sc2cc(C(=O)O)ccn2)ccc1[N+](=O)[O-]. The number of nitriles is 1. The van der Waals surface area contributed by atoms with Gasteiger partial charge in [-0.1, -0.05) is 11.8 Å². The molecule has 8 nitrogen and oxygen atoms in total. The molecule has 21 heavy (non-hydrogen) atoms. The van der Waals surface area contributed by atoms with E-state index in [1.807, 2.05) is 0 Å². The first-order valence-electron chi connectivity index (χ1n) is 5.44. The number of carboxylic acids is 1. The third-order valence-corrected chi connectivity index (χ3v) is 3.21. The van der Waals surface area contributed by atoms with Crippen molar-refractivity contribution in [3.8, 4) is 6.07 Å². The first-order chi connectivity index (χ1) is 10.0. The topological polar surface area (TPSA) is 130 Å². The van der Waals surface area contributed by atoms with Gasteiger partial charge in [0.1, 0.15) is 16.1 Å². The third-order valence-electron chi connectivity index (χ3n) is 2.34. The Labute approximate surface area is 122 Å². The first kappa shape index (κ1) is 14.4. The van der Waals surface area contributed by atoms with Crippen LogP contribution in [-0.2, 0) is 0 Å². The Morgan fingerprint density at radius 3 is 2.76 bits per heavy atom. The minimum atomic E-state index is -1.09. The summed E-state index contributed by atoms with van der Waals surface area (Å²) in [6.07, 6.45) is 1.34. The molecule has 0 bridgehead atoms. The van der Waals surface area contributed by atoms with Gasteiger partial charge in [0.2, 0.25) is 5.69 Å². The van der Waals surface area contributed by atoms with Crippen LogP contribution in [0.4, 0.5) is 5.69 Å². The van der Waals surface area contributed by atoms with Gasteiger partial charge in [-0.2, -0.15) is 5.26 Å². The van der Waals surface area contributed by atoms with E-state index >= 15 is 0 Å². The summed E-state index contributed by atoms with van der Waals surface area (Å²) in [5, 5.41) is 29.1. The molecule has 0 spiro atoms. The molecule has 0 aromatic carbocycles. The molecule has 0 saturated heterocycles. The molecule has 0 saturated carbocycles. The van der Waals surface area contributed by atoms with Crippen molar-refractivity contribution >= 4 is 23.4 Å². The maximum atomic E-state index is 10.9. The molecule has 0 fully saturated rings. The molecule has 0 atom stereocenters. The van der Waals surface area contributed by atoms with Crippen LogP contribution in [0, 0.1) is 21.4 Å². The van der Waals surface area contributed by atoms with E-state index in [4.69, 9.17) is 10.4 Å². The van der Waals surface area contributed by atoms with Crippen LogP contribution in [0.2, 0.25) is 0 Å². The lowest BCUT2D eigenvalue weighted by Crippen LogP contribution is -1.98. The molecule has 0 amide bonds. The van der Waals surface area contributed by atoms with Gasteiger partial charge in [-0.15, -0.1) is 0 Å². The van der Waals surface area contributed by atoms with Crippen LogP contribution in [0.25, 0.3) is 0 Å². The van der Waals surface area contributed by atoms with E-state index in [9.17, 15) is 14.9 Å². The largest absolute Gasteiger partial charge is 0.478 e. The number of hydrogen-bond donors (Lipinski definition) is 1. The average Bonchev–Trinajstić information content (AvgIpc) is 2.47. The van der Waals surface area contributed by atoms with Crippen LogP contribution in [-0.4, -0.2) is 26.0 Å². The molecular weight excluding hydrogens is 296 g/mol. The predicted octanol–water partition coefficient (Wildman–Crippen LogP) is 2.11. The summed E-state index contributed by atoms with van der Waals surface area (Å²) in [6, 6.07) is 6.89. The zero-order valence-corrected chi connectivity index (χ0v) is 11.1. The minimum Gasteiger partial charge on any atom is -0.478 e. The van der Waals surface area contributed by atoms with Gasteiger partial charge in [0.05, 0.1) is 10.5 Å². The van der Waals surface area contributed by atoms with E-state index in [-0.39, 0.29) is 16.9 Å². The highest BCUT2D eigenvalue weighted by molar-refractivity contribution is 7.99. The predicted molar refractivity (Wildman–Crippen MR) is 70.9 cm³/mol. The summed E-state index contributed by atoms with van der Waals surface area (Å²) in [5.74, 6) is -1.09. The molecule has 1 N–H and O–H groups in total. The van der Waals surface area contributed by atoms with Gasteiger partial charge in [-0.3, -0.25) is 10.1 Å². The van der Waals surface area contributed by atoms with Crippen LogP contribution in [0.15, 0.2) is 40.5 Å². The normalized spacial score (nSPS) is 9.86. The summed E-state index contributed by atoms with van der Waals surface area (Å²) >= 11 is 1.01. The molecule has 104 valence electrons. The molecule has 9 heteroatoms. The molecule has 2 aromatic heterocycles. The van der Waals surface area contributed by atoms with Crippen LogP contribution >= 0.6 is 11.8 Å². The zero-order chi connectivity index (χ0) is 15.4. The highest BCUT2D eigenvalue weighted by Crippen LogP contribution is 2.27. The van der Waals surface area contributed by atoms with Crippen LogP contribution in [0.3, 0.4) is 0 Å². The van der Waals surface area contributed by atoms with Gasteiger partial charge >= 0.3 is 11.7 Å². The highest BCUT2D eigenvalue weighted by Gasteiger charge is 2.16. The number of carboxylic acid groups (broad SMARTS) is 1. The Morgan fingerprint density at radius 1 is 1.38 bits per heavy atom. The number of aromatic carboxylic acids is 1. The Kier molecular flexibility index (Phi) is 4.10. The van der Waals surface area contributed by atoms with E-state index in [2.05, 4.69) is 9.97 Å². The smallest absolute Gasteiger partial charge is 0.335 e.